The first kappa shape index (κ1) is 25.1. The van der Waals surface area contributed by atoms with Crippen LogP contribution in [0, 0.1) is 11.3 Å². The van der Waals surface area contributed by atoms with Gasteiger partial charge in [0.1, 0.15) is 0 Å². The summed E-state index contributed by atoms with van der Waals surface area (Å²) < 4.78 is 2.00. The molecule has 2 fully saturated rings. The van der Waals surface area contributed by atoms with Gasteiger partial charge in [-0.3, -0.25) is 9.69 Å². The van der Waals surface area contributed by atoms with Gasteiger partial charge in [0, 0.05) is 31.5 Å². The van der Waals surface area contributed by atoms with Crippen molar-refractivity contribution in [1.29, 1.82) is 5.26 Å². The predicted molar refractivity (Wildman–Crippen MR) is 152 cm³/mol. The van der Waals surface area contributed by atoms with Gasteiger partial charge in [-0.15, -0.1) is 0 Å². The van der Waals surface area contributed by atoms with Crippen molar-refractivity contribution in [2.24, 2.45) is 0 Å². The van der Waals surface area contributed by atoms with E-state index < -0.39 is 0 Å². The Hall–Kier alpha value is -4.21. The molecule has 0 radical (unpaired) electrons. The van der Waals surface area contributed by atoms with E-state index in [1.54, 1.807) is 6.20 Å². The average Bonchev–Trinajstić information content (AvgIpc) is 3.67. The number of amides is 1. The van der Waals surface area contributed by atoms with Crippen molar-refractivity contribution in [2.45, 2.75) is 37.6 Å². The van der Waals surface area contributed by atoms with E-state index >= 15 is 0 Å². The lowest BCUT2D eigenvalue weighted by Crippen LogP contribution is -2.34. The van der Waals surface area contributed by atoms with Crippen LogP contribution < -0.4 is 0 Å². The first-order valence-corrected chi connectivity index (χ1v) is 13.9. The molecule has 0 bridgehead atoms. The van der Waals surface area contributed by atoms with Gasteiger partial charge < -0.3 is 4.90 Å². The molecule has 2 saturated heterocycles. The minimum Gasteiger partial charge on any atom is -0.338 e. The van der Waals surface area contributed by atoms with E-state index in [0.717, 1.165) is 68.9 Å². The molecule has 4 aromatic rings. The van der Waals surface area contributed by atoms with Gasteiger partial charge in [-0.1, -0.05) is 60.7 Å². The highest BCUT2D eigenvalue weighted by atomic mass is 16.2. The first-order valence-electron chi connectivity index (χ1n) is 13.9. The second kappa shape index (κ2) is 11.3. The Morgan fingerprint density at radius 3 is 2.21 bits per heavy atom. The molecule has 2 aliphatic rings. The second-order valence-electron chi connectivity index (χ2n) is 10.7. The molecule has 6 rings (SSSR count). The van der Waals surface area contributed by atoms with Gasteiger partial charge >= 0.3 is 0 Å². The van der Waals surface area contributed by atoms with Gasteiger partial charge in [0.05, 0.1) is 34.8 Å². The summed E-state index contributed by atoms with van der Waals surface area (Å²) >= 11 is 0. The number of carbonyl (C=O) groups excluding carboxylic acids is 1. The standard InChI is InChI=1S/C33H33N5O/c34-21-25-11-13-26(14-12-25)23-36-18-15-28(16-19-36)32-31(22-35-38(32)30-9-5-2-6-10-30)33(39)37-20-17-29(24-37)27-7-3-1-4-8-27/h1-14,22,28-29H,15-20,23-24H2/t29-/m0/s1. The molecule has 0 unspecified atom stereocenters. The molecule has 1 atom stereocenters. The minimum absolute atomic E-state index is 0.102. The summed E-state index contributed by atoms with van der Waals surface area (Å²) in [5.41, 5.74) is 6.01. The largest absolute Gasteiger partial charge is 0.338 e. The molecular weight excluding hydrogens is 482 g/mol. The highest BCUT2D eigenvalue weighted by Gasteiger charge is 2.34. The van der Waals surface area contributed by atoms with Crippen LogP contribution in [0.3, 0.4) is 0 Å². The number of carbonyl (C=O) groups is 1. The van der Waals surface area contributed by atoms with Crippen LogP contribution in [0.1, 0.15) is 63.8 Å². The van der Waals surface area contributed by atoms with Gasteiger partial charge in [0.25, 0.3) is 5.91 Å². The number of para-hydroxylation sites is 1. The number of hydrogen-bond acceptors (Lipinski definition) is 4. The molecule has 3 heterocycles. The summed E-state index contributed by atoms with van der Waals surface area (Å²) in [5, 5.41) is 13.8. The van der Waals surface area contributed by atoms with E-state index in [4.69, 9.17) is 10.4 Å². The van der Waals surface area contributed by atoms with Crippen LogP contribution in [0.5, 0.6) is 0 Å². The number of hydrogen-bond donors (Lipinski definition) is 0. The van der Waals surface area contributed by atoms with Crippen LogP contribution >= 0.6 is 0 Å². The third-order valence-electron chi connectivity index (χ3n) is 8.25. The van der Waals surface area contributed by atoms with Gasteiger partial charge in [-0.05, 0) is 67.7 Å². The Morgan fingerprint density at radius 2 is 1.51 bits per heavy atom. The topological polar surface area (TPSA) is 65.2 Å². The van der Waals surface area contributed by atoms with Gasteiger partial charge in [-0.2, -0.15) is 10.4 Å². The Bertz CT molecular complexity index is 1450. The van der Waals surface area contributed by atoms with E-state index in [-0.39, 0.29) is 11.8 Å². The lowest BCUT2D eigenvalue weighted by Gasteiger charge is -2.33. The summed E-state index contributed by atoms with van der Waals surface area (Å²) in [7, 11) is 0. The zero-order chi connectivity index (χ0) is 26.6. The number of rotatable bonds is 6. The fourth-order valence-electron chi connectivity index (χ4n) is 6.11. The maximum atomic E-state index is 13.9. The summed E-state index contributed by atoms with van der Waals surface area (Å²) in [6.07, 6.45) is 4.73. The molecule has 1 aromatic heterocycles. The van der Waals surface area contributed by atoms with E-state index in [9.17, 15) is 4.79 Å². The zero-order valence-electron chi connectivity index (χ0n) is 22.1. The van der Waals surface area contributed by atoms with Crippen molar-refractivity contribution >= 4 is 5.91 Å². The number of nitriles is 1. The van der Waals surface area contributed by atoms with Crippen molar-refractivity contribution in [3.8, 4) is 11.8 Å². The van der Waals surface area contributed by atoms with Crippen molar-refractivity contribution in [2.75, 3.05) is 26.2 Å². The molecule has 6 heteroatoms. The van der Waals surface area contributed by atoms with Gasteiger partial charge in [0.15, 0.2) is 0 Å². The molecular formula is C33H33N5O. The van der Waals surface area contributed by atoms with Crippen LogP contribution in [0.25, 0.3) is 5.69 Å². The molecule has 6 nitrogen and oxygen atoms in total. The average molecular weight is 516 g/mol. The fourth-order valence-corrected chi connectivity index (χ4v) is 6.11. The van der Waals surface area contributed by atoms with E-state index in [1.165, 1.54) is 11.1 Å². The summed E-state index contributed by atoms with van der Waals surface area (Å²) in [6.45, 7) is 4.31. The maximum Gasteiger partial charge on any atom is 0.257 e. The number of benzene rings is 3. The van der Waals surface area contributed by atoms with Crippen molar-refractivity contribution in [3.63, 3.8) is 0 Å². The zero-order valence-corrected chi connectivity index (χ0v) is 22.1. The molecule has 1 amide bonds. The summed E-state index contributed by atoms with van der Waals surface area (Å²) in [6, 6.07) is 30.8. The highest BCUT2D eigenvalue weighted by Crippen LogP contribution is 2.35. The number of piperidine rings is 1. The Kier molecular flexibility index (Phi) is 7.25. The predicted octanol–water partition coefficient (Wildman–Crippen LogP) is 5.75. The van der Waals surface area contributed by atoms with E-state index in [1.807, 2.05) is 58.1 Å². The number of nitrogens with zero attached hydrogens (tertiary/aromatic N) is 5. The molecule has 39 heavy (non-hydrogen) atoms. The van der Waals surface area contributed by atoms with Crippen LogP contribution in [-0.4, -0.2) is 51.7 Å². The smallest absolute Gasteiger partial charge is 0.257 e. The first-order chi connectivity index (χ1) is 19.2. The third-order valence-corrected chi connectivity index (χ3v) is 8.25. The summed E-state index contributed by atoms with van der Waals surface area (Å²) in [5.74, 6) is 0.746. The SMILES string of the molecule is N#Cc1ccc(CN2CCC(c3c(C(=O)N4CC[C@H](c5ccccc5)C4)cnn3-c3ccccc3)CC2)cc1. The molecule has 0 N–H and O–H groups in total. The van der Waals surface area contributed by atoms with Crippen molar-refractivity contribution in [3.05, 3.63) is 119 Å². The van der Waals surface area contributed by atoms with Crippen LogP contribution in [0.4, 0.5) is 0 Å². The van der Waals surface area contributed by atoms with Crippen molar-refractivity contribution in [1.82, 2.24) is 19.6 Å². The molecule has 0 saturated carbocycles. The molecule has 3 aromatic carbocycles. The Labute approximate surface area is 230 Å². The van der Waals surface area contributed by atoms with Gasteiger partial charge in [-0.25, -0.2) is 4.68 Å². The fraction of sp³-hybridized carbons (Fsp3) is 0.303. The minimum atomic E-state index is 0.102. The molecule has 196 valence electrons. The molecule has 2 aliphatic heterocycles. The van der Waals surface area contributed by atoms with Gasteiger partial charge in [0.2, 0.25) is 0 Å². The summed E-state index contributed by atoms with van der Waals surface area (Å²) in [4.78, 5) is 18.4. The quantitative estimate of drug-likeness (QED) is 0.328. The lowest BCUT2D eigenvalue weighted by molar-refractivity contribution is 0.0788. The molecule has 0 spiro atoms. The van der Waals surface area contributed by atoms with Crippen LogP contribution in [0.2, 0.25) is 0 Å². The van der Waals surface area contributed by atoms with E-state index in [2.05, 4.69) is 47.4 Å². The Morgan fingerprint density at radius 1 is 0.846 bits per heavy atom. The van der Waals surface area contributed by atoms with Crippen molar-refractivity contribution < 1.29 is 4.79 Å². The monoisotopic (exact) mass is 515 g/mol. The van der Waals surface area contributed by atoms with Crippen LogP contribution in [0.15, 0.2) is 91.1 Å². The van der Waals surface area contributed by atoms with Crippen LogP contribution in [-0.2, 0) is 6.54 Å². The maximum absolute atomic E-state index is 13.9. The normalized spacial score (nSPS) is 18.2. The second-order valence-corrected chi connectivity index (χ2v) is 10.7. The number of likely N-dealkylation sites (tertiary alicyclic amines) is 2. The molecule has 0 aliphatic carbocycles. The Balaban J connectivity index is 1.21. The highest BCUT2D eigenvalue weighted by molar-refractivity contribution is 5.95. The third kappa shape index (κ3) is 5.36. The number of aromatic nitrogens is 2. The lowest BCUT2D eigenvalue weighted by atomic mass is 9.90. The van der Waals surface area contributed by atoms with E-state index in [0.29, 0.717) is 11.5 Å².